The number of rotatable bonds is 3. The van der Waals surface area contributed by atoms with Gasteiger partial charge in [-0.2, -0.15) is 0 Å². The molecule has 2 heterocycles. The topological polar surface area (TPSA) is 66.4 Å². The number of carboxylic acids is 1. The number of nitrogens with one attached hydrogen (secondary N) is 1. The first kappa shape index (κ1) is 17.9. The van der Waals surface area contributed by atoms with E-state index in [9.17, 15) is 14.7 Å². The Kier molecular flexibility index (Phi) is 4.61. The van der Waals surface area contributed by atoms with Gasteiger partial charge in [-0.05, 0) is 30.2 Å². The number of amides is 1. The molecule has 0 aliphatic carbocycles. The van der Waals surface area contributed by atoms with E-state index in [1.807, 2.05) is 55.5 Å². The monoisotopic (exact) mass is 441 g/mol. The van der Waals surface area contributed by atoms with E-state index in [4.69, 9.17) is 0 Å². The summed E-state index contributed by atoms with van der Waals surface area (Å²) in [7, 11) is 0. The standard InChI is InChI=1S/C21H16BrNO3S/c1-11-2-4-13(5-3-11)17-18-19(27-20(17)21(25)26)15(10-16(24)23-18)12-6-8-14(22)9-7-12/h2-9,15H,10H2,1H3,(H,23,24)(H,25,26). The lowest BCUT2D eigenvalue weighted by molar-refractivity contribution is -0.116. The fraction of sp³-hybridized carbons (Fsp3) is 0.143. The molecule has 1 aliphatic rings. The van der Waals surface area contributed by atoms with E-state index in [0.29, 0.717) is 17.7 Å². The summed E-state index contributed by atoms with van der Waals surface area (Å²) in [5.41, 5.74) is 4.12. The van der Waals surface area contributed by atoms with E-state index in [0.717, 1.165) is 26.0 Å². The van der Waals surface area contributed by atoms with Gasteiger partial charge < -0.3 is 10.4 Å². The first-order valence-electron chi connectivity index (χ1n) is 8.46. The van der Waals surface area contributed by atoms with Gasteiger partial charge in [0.25, 0.3) is 0 Å². The van der Waals surface area contributed by atoms with Gasteiger partial charge in [0.05, 0.1) is 5.69 Å². The van der Waals surface area contributed by atoms with Crippen LogP contribution in [0.3, 0.4) is 0 Å². The Labute approximate surface area is 169 Å². The highest BCUT2D eigenvalue weighted by molar-refractivity contribution is 9.10. The number of hydrogen-bond acceptors (Lipinski definition) is 3. The van der Waals surface area contributed by atoms with Gasteiger partial charge in [-0.1, -0.05) is 57.9 Å². The van der Waals surface area contributed by atoms with Crippen molar-refractivity contribution in [2.45, 2.75) is 19.3 Å². The van der Waals surface area contributed by atoms with Crippen molar-refractivity contribution in [2.75, 3.05) is 5.32 Å². The van der Waals surface area contributed by atoms with Gasteiger partial charge in [-0.25, -0.2) is 4.79 Å². The summed E-state index contributed by atoms with van der Waals surface area (Å²) in [5.74, 6) is -1.23. The first-order chi connectivity index (χ1) is 12.9. The number of thiophene rings is 1. The molecule has 4 nitrogen and oxygen atoms in total. The third-order valence-corrected chi connectivity index (χ3v) is 6.53. The molecule has 2 N–H and O–H groups in total. The van der Waals surface area contributed by atoms with Crippen LogP contribution in [0.4, 0.5) is 5.69 Å². The number of carbonyl (C=O) groups is 2. The molecular weight excluding hydrogens is 426 g/mol. The van der Waals surface area contributed by atoms with E-state index in [1.54, 1.807) is 0 Å². The minimum Gasteiger partial charge on any atom is -0.477 e. The number of halogens is 1. The van der Waals surface area contributed by atoms with Gasteiger partial charge >= 0.3 is 5.97 Å². The van der Waals surface area contributed by atoms with Gasteiger partial charge in [0, 0.05) is 27.3 Å². The number of carboxylic acid groups (broad SMARTS) is 1. The summed E-state index contributed by atoms with van der Waals surface area (Å²) in [6.45, 7) is 1.98. The van der Waals surface area contributed by atoms with Crippen molar-refractivity contribution in [2.24, 2.45) is 0 Å². The van der Waals surface area contributed by atoms with Crippen LogP contribution in [0.2, 0.25) is 0 Å². The van der Waals surface area contributed by atoms with Crippen LogP contribution in [-0.2, 0) is 4.79 Å². The zero-order valence-corrected chi connectivity index (χ0v) is 16.9. The molecule has 136 valence electrons. The van der Waals surface area contributed by atoms with E-state index >= 15 is 0 Å². The molecular formula is C21H16BrNO3S. The molecule has 3 aromatic rings. The SMILES string of the molecule is Cc1ccc(-c2c(C(=O)O)sc3c2NC(=O)CC3c2ccc(Br)cc2)cc1. The number of aryl methyl sites for hydroxylation is 1. The summed E-state index contributed by atoms with van der Waals surface area (Å²) in [5, 5.41) is 12.7. The Morgan fingerprint density at radius 1 is 1.15 bits per heavy atom. The van der Waals surface area contributed by atoms with Crippen molar-refractivity contribution in [3.8, 4) is 11.1 Å². The molecule has 0 spiro atoms. The minimum absolute atomic E-state index is 0.0986. The molecule has 1 atom stereocenters. The van der Waals surface area contributed by atoms with Crippen LogP contribution in [0, 0.1) is 6.92 Å². The molecule has 4 rings (SSSR count). The molecule has 0 bridgehead atoms. The molecule has 1 amide bonds. The highest BCUT2D eigenvalue weighted by atomic mass is 79.9. The van der Waals surface area contributed by atoms with Crippen LogP contribution < -0.4 is 5.32 Å². The Balaban J connectivity index is 1.92. The van der Waals surface area contributed by atoms with Crippen molar-refractivity contribution >= 4 is 44.8 Å². The normalized spacial score (nSPS) is 15.9. The van der Waals surface area contributed by atoms with Crippen molar-refractivity contribution in [3.63, 3.8) is 0 Å². The molecule has 2 aromatic carbocycles. The highest BCUT2D eigenvalue weighted by Crippen LogP contribution is 2.49. The lowest BCUT2D eigenvalue weighted by atomic mass is 9.88. The molecule has 0 radical (unpaired) electrons. The third kappa shape index (κ3) is 3.31. The molecule has 27 heavy (non-hydrogen) atoms. The minimum atomic E-state index is -0.978. The molecule has 1 aromatic heterocycles. The summed E-state index contributed by atoms with van der Waals surface area (Å²) in [6.07, 6.45) is 0.307. The number of carbonyl (C=O) groups excluding carboxylic acids is 1. The summed E-state index contributed by atoms with van der Waals surface area (Å²) < 4.78 is 0.962. The van der Waals surface area contributed by atoms with E-state index in [2.05, 4.69) is 21.2 Å². The van der Waals surface area contributed by atoms with Crippen molar-refractivity contribution < 1.29 is 14.7 Å². The second kappa shape index (κ2) is 6.94. The number of anilines is 1. The molecule has 0 saturated heterocycles. The van der Waals surface area contributed by atoms with Crippen LogP contribution in [0.25, 0.3) is 11.1 Å². The van der Waals surface area contributed by atoms with Crippen molar-refractivity contribution in [1.82, 2.24) is 0 Å². The van der Waals surface area contributed by atoms with Gasteiger partial charge in [-0.3, -0.25) is 4.79 Å². The number of hydrogen-bond donors (Lipinski definition) is 2. The maximum absolute atomic E-state index is 12.4. The summed E-state index contributed by atoms with van der Waals surface area (Å²) >= 11 is 4.68. The Morgan fingerprint density at radius 3 is 2.44 bits per heavy atom. The first-order valence-corrected chi connectivity index (χ1v) is 10.1. The van der Waals surface area contributed by atoms with Gasteiger partial charge in [-0.15, -0.1) is 11.3 Å². The van der Waals surface area contributed by atoms with Crippen molar-refractivity contribution in [1.29, 1.82) is 0 Å². The van der Waals surface area contributed by atoms with E-state index in [-0.39, 0.29) is 16.7 Å². The van der Waals surface area contributed by atoms with E-state index < -0.39 is 5.97 Å². The predicted octanol–water partition coefficient (Wildman–Crippen LogP) is 5.66. The van der Waals surface area contributed by atoms with Crippen LogP contribution >= 0.6 is 27.3 Å². The van der Waals surface area contributed by atoms with Crippen LogP contribution in [0.5, 0.6) is 0 Å². The number of fused-ring (bicyclic) bond motifs is 1. The fourth-order valence-electron chi connectivity index (χ4n) is 3.40. The maximum atomic E-state index is 12.4. The summed E-state index contributed by atoms with van der Waals surface area (Å²) in [6, 6.07) is 15.5. The van der Waals surface area contributed by atoms with Gasteiger partial charge in [0.2, 0.25) is 5.91 Å². The number of aromatic carboxylic acids is 1. The highest BCUT2D eigenvalue weighted by Gasteiger charge is 2.34. The smallest absolute Gasteiger partial charge is 0.346 e. The molecule has 0 saturated carbocycles. The van der Waals surface area contributed by atoms with Crippen LogP contribution in [0.1, 0.15) is 38.0 Å². The second-order valence-corrected chi connectivity index (χ2v) is 8.54. The Bertz CT molecular complexity index is 1040. The average molecular weight is 442 g/mol. The molecule has 6 heteroatoms. The predicted molar refractivity (Wildman–Crippen MR) is 111 cm³/mol. The Hall–Kier alpha value is -2.44. The fourth-order valence-corrected chi connectivity index (χ4v) is 4.91. The van der Waals surface area contributed by atoms with Gasteiger partial charge in [0.15, 0.2) is 0 Å². The number of benzene rings is 2. The second-order valence-electron chi connectivity index (χ2n) is 6.57. The zero-order chi connectivity index (χ0) is 19.1. The summed E-state index contributed by atoms with van der Waals surface area (Å²) in [4.78, 5) is 25.5. The zero-order valence-electron chi connectivity index (χ0n) is 14.5. The maximum Gasteiger partial charge on any atom is 0.346 e. The average Bonchev–Trinajstić information content (AvgIpc) is 3.02. The Morgan fingerprint density at radius 2 is 1.81 bits per heavy atom. The van der Waals surface area contributed by atoms with Crippen LogP contribution in [-0.4, -0.2) is 17.0 Å². The van der Waals surface area contributed by atoms with Gasteiger partial charge in [0.1, 0.15) is 4.88 Å². The van der Waals surface area contributed by atoms with E-state index in [1.165, 1.54) is 11.3 Å². The quantitative estimate of drug-likeness (QED) is 0.550. The lowest BCUT2D eigenvalue weighted by Crippen LogP contribution is -2.22. The molecule has 0 fully saturated rings. The largest absolute Gasteiger partial charge is 0.477 e. The van der Waals surface area contributed by atoms with Crippen LogP contribution in [0.15, 0.2) is 53.0 Å². The molecule has 1 aliphatic heterocycles. The van der Waals surface area contributed by atoms with Crippen molar-refractivity contribution in [3.05, 3.63) is 73.9 Å². The lowest BCUT2D eigenvalue weighted by Gasteiger charge is -2.24. The molecule has 1 unspecified atom stereocenters. The third-order valence-electron chi connectivity index (χ3n) is 4.71.